The lowest BCUT2D eigenvalue weighted by molar-refractivity contribution is -0.270. The second-order valence-corrected chi connectivity index (χ2v) is 3.60. The van der Waals surface area contributed by atoms with Gasteiger partial charge in [0, 0.05) is 6.07 Å². The fraction of sp³-hybridized carbons (Fsp3) is 0. The van der Waals surface area contributed by atoms with Crippen molar-refractivity contribution in [1.82, 2.24) is 0 Å². The van der Waals surface area contributed by atoms with Gasteiger partial charge in [0.1, 0.15) is 17.3 Å². The summed E-state index contributed by atoms with van der Waals surface area (Å²) in [5.74, 6) is -0.833. The zero-order chi connectivity index (χ0) is 13.1. The Kier molecular flexibility index (Phi) is 3.05. The highest BCUT2D eigenvalue weighted by Crippen LogP contribution is 2.23. The minimum atomic E-state index is -0.660. The highest BCUT2D eigenvalue weighted by atomic mass is 16.4. The van der Waals surface area contributed by atoms with E-state index in [-0.39, 0.29) is 17.3 Å². The number of benzene rings is 1. The van der Waals surface area contributed by atoms with Crippen LogP contribution in [0.25, 0.3) is 12.2 Å². The molecular weight excluding hydrogens is 236 g/mol. The Hall–Kier alpha value is -2.69. The molecule has 5 nitrogen and oxygen atoms in total. The zero-order valence-corrected chi connectivity index (χ0v) is 9.16. The lowest BCUT2D eigenvalue weighted by Gasteiger charge is -2.07. The third-order valence-electron chi connectivity index (χ3n) is 2.20. The van der Waals surface area contributed by atoms with Gasteiger partial charge in [-0.15, -0.1) is 0 Å². The first kappa shape index (κ1) is 11.8. The molecule has 18 heavy (non-hydrogen) atoms. The minimum absolute atomic E-state index is 0.172. The second-order valence-electron chi connectivity index (χ2n) is 3.60. The Labute approximate surface area is 102 Å². The lowest BCUT2D eigenvalue weighted by atomic mass is 10.2. The minimum Gasteiger partial charge on any atom is -0.870 e. The number of aromatic hydroxyl groups is 2. The molecule has 0 atom stereocenters. The van der Waals surface area contributed by atoms with Crippen molar-refractivity contribution in [2.75, 3.05) is 0 Å². The van der Waals surface area contributed by atoms with Crippen LogP contribution in [-0.4, -0.2) is 10.2 Å². The van der Waals surface area contributed by atoms with E-state index in [1.165, 1.54) is 36.4 Å². The first-order valence-electron chi connectivity index (χ1n) is 5.07. The maximum Gasteiger partial charge on any atom is 0.339 e. The first-order valence-corrected chi connectivity index (χ1v) is 5.07. The van der Waals surface area contributed by atoms with Crippen LogP contribution >= 0.6 is 0 Å². The Morgan fingerprint density at radius 1 is 1.11 bits per heavy atom. The van der Waals surface area contributed by atoms with Crippen molar-refractivity contribution in [3.05, 3.63) is 52.1 Å². The van der Waals surface area contributed by atoms with E-state index in [0.29, 0.717) is 5.56 Å². The summed E-state index contributed by atoms with van der Waals surface area (Å²) in [5, 5.41) is 29.4. The van der Waals surface area contributed by atoms with E-state index in [2.05, 4.69) is 0 Å². The van der Waals surface area contributed by atoms with Crippen LogP contribution in [0.2, 0.25) is 0 Å². The predicted molar refractivity (Wildman–Crippen MR) is 63.1 cm³/mol. The normalized spacial score (nSPS) is 10.9. The van der Waals surface area contributed by atoms with E-state index in [4.69, 9.17) is 4.42 Å². The number of hydrogen-bond donors (Lipinski definition) is 2. The molecule has 0 aliphatic rings. The molecule has 0 bridgehead atoms. The van der Waals surface area contributed by atoms with Crippen molar-refractivity contribution in [3.63, 3.8) is 0 Å². The van der Waals surface area contributed by atoms with Crippen molar-refractivity contribution in [2.45, 2.75) is 0 Å². The van der Waals surface area contributed by atoms with Gasteiger partial charge in [0.25, 0.3) is 0 Å². The van der Waals surface area contributed by atoms with Crippen LogP contribution in [0, 0.1) is 0 Å². The predicted octanol–water partition coefficient (Wildman–Crippen LogP) is 1.29. The molecule has 2 aromatic rings. The largest absolute Gasteiger partial charge is 0.870 e. The van der Waals surface area contributed by atoms with Crippen LogP contribution in [0.3, 0.4) is 0 Å². The molecule has 0 radical (unpaired) electrons. The molecule has 0 saturated carbocycles. The molecule has 5 heteroatoms. The average Bonchev–Trinajstić information content (AvgIpc) is 2.29. The van der Waals surface area contributed by atoms with E-state index < -0.39 is 11.4 Å². The Balaban J connectivity index is 2.29. The van der Waals surface area contributed by atoms with E-state index >= 15 is 0 Å². The third kappa shape index (κ3) is 2.70. The van der Waals surface area contributed by atoms with Gasteiger partial charge in [0.05, 0.1) is 6.07 Å². The molecule has 0 saturated heterocycles. The van der Waals surface area contributed by atoms with Gasteiger partial charge in [-0.1, -0.05) is 24.0 Å². The number of phenols is 1. The maximum absolute atomic E-state index is 11.0. The smallest absolute Gasteiger partial charge is 0.339 e. The molecule has 1 heterocycles. The topological polar surface area (TPSA) is 93.7 Å². The fourth-order valence-electron chi connectivity index (χ4n) is 1.38. The fourth-order valence-corrected chi connectivity index (χ4v) is 1.38. The highest BCUT2D eigenvalue weighted by molar-refractivity contribution is 5.69. The molecule has 2 N–H and O–H groups in total. The van der Waals surface area contributed by atoms with Gasteiger partial charge in [-0.3, -0.25) is 0 Å². The van der Waals surface area contributed by atoms with Gasteiger partial charge in [-0.2, -0.15) is 0 Å². The molecule has 0 amide bonds. The van der Waals surface area contributed by atoms with E-state index in [1.807, 2.05) is 0 Å². The molecular formula is C13H9O5-. The molecule has 92 valence electrons. The molecule has 0 unspecified atom stereocenters. The van der Waals surface area contributed by atoms with Crippen molar-refractivity contribution in [1.29, 1.82) is 0 Å². The Bertz CT molecular complexity index is 655. The quantitative estimate of drug-likeness (QED) is 0.831. The zero-order valence-electron chi connectivity index (χ0n) is 9.16. The summed E-state index contributed by atoms with van der Waals surface area (Å²) in [5.41, 5.74) is -0.0921. The summed E-state index contributed by atoms with van der Waals surface area (Å²) in [6.07, 6.45) is 2.98. The molecule has 0 aliphatic carbocycles. The first-order chi connectivity index (χ1) is 8.54. The van der Waals surface area contributed by atoms with Crippen LogP contribution in [0.4, 0.5) is 0 Å². The average molecular weight is 245 g/mol. The van der Waals surface area contributed by atoms with Crippen LogP contribution < -0.4 is 10.7 Å². The number of phenolic OH excluding ortho intramolecular Hbond substituents is 1. The van der Waals surface area contributed by atoms with Crippen molar-refractivity contribution >= 4 is 12.2 Å². The summed E-state index contributed by atoms with van der Waals surface area (Å²) in [6.45, 7) is 0. The maximum atomic E-state index is 11.0. The van der Waals surface area contributed by atoms with Crippen molar-refractivity contribution in [2.24, 2.45) is 0 Å². The van der Waals surface area contributed by atoms with Gasteiger partial charge in [0.15, 0.2) is 0 Å². The summed E-state index contributed by atoms with van der Waals surface area (Å²) < 4.78 is 4.81. The summed E-state index contributed by atoms with van der Waals surface area (Å²) >= 11 is 0. The molecule has 1 aromatic heterocycles. The molecule has 0 spiro atoms. The van der Waals surface area contributed by atoms with Gasteiger partial charge in [0.2, 0.25) is 0 Å². The molecule has 1 aromatic carbocycles. The van der Waals surface area contributed by atoms with Crippen LogP contribution in [-0.2, 0) is 0 Å². The van der Waals surface area contributed by atoms with Gasteiger partial charge < -0.3 is 19.7 Å². The van der Waals surface area contributed by atoms with E-state index in [1.54, 1.807) is 0 Å². The summed E-state index contributed by atoms with van der Waals surface area (Å²) in [4.78, 5) is 11.0. The second kappa shape index (κ2) is 4.67. The van der Waals surface area contributed by atoms with Gasteiger partial charge >= 0.3 is 5.63 Å². The monoisotopic (exact) mass is 245 g/mol. The van der Waals surface area contributed by atoms with Gasteiger partial charge in [-0.05, 0) is 17.7 Å². The van der Waals surface area contributed by atoms with Gasteiger partial charge in [-0.25, -0.2) is 4.79 Å². The molecule has 2 rings (SSSR count). The van der Waals surface area contributed by atoms with Crippen LogP contribution in [0.1, 0.15) is 11.3 Å². The van der Waals surface area contributed by atoms with Crippen molar-refractivity contribution in [3.8, 4) is 17.2 Å². The Morgan fingerprint density at radius 3 is 2.56 bits per heavy atom. The van der Waals surface area contributed by atoms with E-state index in [9.17, 15) is 20.1 Å². The highest BCUT2D eigenvalue weighted by Gasteiger charge is 1.97. The van der Waals surface area contributed by atoms with Crippen molar-refractivity contribution < 1.29 is 19.7 Å². The molecule has 0 aliphatic heterocycles. The number of hydrogen-bond acceptors (Lipinski definition) is 5. The third-order valence-corrected chi connectivity index (χ3v) is 2.20. The van der Waals surface area contributed by atoms with Crippen LogP contribution in [0.5, 0.6) is 17.2 Å². The summed E-state index contributed by atoms with van der Waals surface area (Å²) in [7, 11) is 0. The number of rotatable bonds is 2. The molecule has 0 fully saturated rings. The van der Waals surface area contributed by atoms with Crippen LogP contribution in [0.15, 0.2) is 39.5 Å². The Morgan fingerprint density at radius 2 is 1.89 bits per heavy atom. The standard InChI is InChI=1S/C13H10O5/c14-9-6-10(18-13(17)7-9)3-1-8-2-4-11(15)12(16)5-8/h1-7,14-16H/p-1/b3-1+. The SMILES string of the molecule is O=c1cc(O)cc(/C=C/c2ccc([O-])c(O)c2)o1. The van der Waals surface area contributed by atoms with E-state index in [0.717, 1.165) is 6.07 Å². The lowest BCUT2D eigenvalue weighted by Crippen LogP contribution is -1.95. The summed E-state index contributed by atoms with van der Waals surface area (Å²) in [6, 6.07) is 6.27.